The van der Waals surface area contributed by atoms with E-state index >= 15 is 4.39 Å². The molecule has 3 aromatic heterocycles. The molecule has 2 atom stereocenters. The molecule has 0 spiro atoms. The summed E-state index contributed by atoms with van der Waals surface area (Å²) in [6.45, 7) is 8.68. The van der Waals surface area contributed by atoms with Crippen LogP contribution in [0.1, 0.15) is 45.6 Å². The zero-order valence-corrected chi connectivity index (χ0v) is 32.6. The van der Waals surface area contributed by atoms with E-state index in [1.165, 1.54) is 22.8 Å². The number of nitrogens with zero attached hydrogens (tertiary/aromatic N) is 4. The van der Waals surface area contributed by atoms with Gasteiger partial charge in [-0.1, -0.05) is 111 Å². The number of pyridine rings is 1. The Morgan fingerprint density at radius 3 is 2.17 bits per heavy atom. The lowest BCUT2D eigenvalue weighted by atomic mass is 9.61. The molecule has 0 saturated heterocycles. The normalized spacial score (nSPS) is 20.3. The van der Waals surface area contributed by atoms with E-state index in [2.05, 4.69) is 84.6 Å². The van der Waals surface area contributed by atoms with Gasteiger partial charge in [0.1, 0.15) is 0 Å². The Hall–Kier alpha value is -4.42. The van der Waals surface area contributed by atoms with Gasteiger partial charge >= 0.3 is 0 Å². The van der Waals surface area contributed by atoms with Gasteiger partial charge in [0, 0.05) is 23.3 Å². The summed E-state index contributed by atoms with van der Waals surface area (Å²) in [7, 11) is -6.96. The van der Waals surface area contributed by atoms with Gasteiger partial charge in [0.05, 0.1) is 28.3 Å². The molecule has 3 aromatic carbocycles. The molecule has 3 saturated carbocycles. The molecule has 3 aliphatic carbocycles. The second kappa shape index (κ2) is 13.5. The predicted molar refractivity (Wildman–Crippen MR) is 210 cm³/mol. The zero-order valence-electron chi connectivity index (χ0n) is 30.0. The molecule has 0 aliphatic heterocycles. The van der Waals surface area contributed by atoms with E-state index in [0.29, 0.717) is 21.9 Å². The van der Waals surface area contributed by atoms with Crippen molar-refractivity contribution in [2.75, 3.05) is 5.32 Å². The van der Waals surface area contributed by atoms with Crippen LogP contribution < -0.4 is 15.7 Å². The first-order valence-corrected chi connectivity index (χ1v) is 21.6. The van der Waals surface area contributed by atoms with E-state index in [4.69, 9.17) is 21.0 Å². The van der Waals surface area contributed by atoms with Crippen LogP contribution in [0.5, 0.6) is 0 Å². The molecule has 3 heterocycles. The van der Waals surface area contributed by atoms with E-state index in [1.54, 1.807) is 30.3 Å². The van der Waals surface area contributed by atoms with Gasteiger partial charge in [0.15, 0.2) is 23.1 Å². The molecule has 0 radical (unpaired) electrons. The maximum absolute atomic E-state index is 15.8. The Morgan fingerprint density at radius 1 is 0.906 bits per heavy atom. The third-order valence-corrected chi connectivity index (χ3v) is 17.9. The van der Waals surface area contributed by atoms with Crippen LogP contribution in [0, 0.1) is 24.6 Å². The van der Waals surface area contributed by atoms with Crippen molar-refractivity contribution in [3.05, 3.63) is 126 Å². The highest BCUT2D eigenvalue weighted by Crippen LogP contribution is 2.50. The fourth-order valence-electron chi connectivity index (χ4n) is 8.30. The van der Waals surface area contributed by atoms with Gasteiger partial charge in [-0.05, 0) is 71.6 Å². The third-order valence-electron chi connectivity index (χ3n) is 10.9. The van der Waals surface area contributed by atoms with Crippen molar-refractivity contribution < 1.29 is 17.2 Å². The van der Waals surface area contributed by atoms with Crippen molar-refractivity contribution in [3.63, 3.8) is 0 Å². The molecule has 6 aromatic rings. The molecule has 8 nitrogen and oxygen atoms in total. The van der Waals surface area contributed by atoms with Gasteiger partial charge in [-0.25, -0.2) is 31.7 Å². The maximum atomic E-state index is 15.8. The molecule has 9 rings (SSSR count). The van der Waals surface area contributed by atoms with E-state index < -0.39 is 24.2 Å². The second-order valence-corrected chi connectivity index (χ2v) is 21.9. The number of aryl methyl sites for hydroxylation is 1. The topological polar surface area (TPSA) is 99.0 Å². The number of rotatable bonds is 9. The minimum atomic E-state index is -4.05. The van der Waals surface area contributed by atoms with Gasteiger partial charge in [-0.3, -0.25) is 0 Å². The number of hydrogen-bond acceptors (Lipinski definition) is 7. The van der Waals surface area contributed by atoms with Gasteiger partial charge in [0.25, 0.3) is 18.3 Å². The van der Waals surface area contributed by atoms with Crippen molar-refractivity contribution in [2.24, 2.45) is 11.8 Å². The smallest absolute Gasteiger partial charge is 0.269 e. The zero-order chi connectivity index (χ0) is 37.1. The average molecular weight is 766 g/mol. The molecule has 12 heteroatoms. The summed E-state index contributed by atoms with van der Waals surface area (Å²) < 4.78 is 52.4. The highest BCUT2D eigenvalue weighted by Gasteiger charge is 2.55. The molecule has 3 aliphatic rings. The van der Waals surface area contributed by atoms with E-state index in [9.17, 15) is 8.42 Å². The fraction of sp³-hybridized carbons (Fsp3) is 0.293. The largest absolute Gasteiger partial charge is 0.402 e. The van der Waals surface area contributed by atoms with Gasteiger partial charge in [-0.15, -0.1) is 0 Å². The Labute approximate surface area is 315 Å². The summed E-state index contributed by atoms with van der Waals surface area (Å²) >= 11 is 6.39. The number of benzene rings is 3. The van der Waals surface area contributed by atoms with Crippen LogP contribution in [0.25, 0.3) is 22.4 Å². The van der Waals surface area contributed by atoms with Crippen LogP contribution in [0.3, 0.4) is 0 Å². The Morgan fingerprint density at radius 2 is 1.55 bits per heavy atom. The number of aromatic nitrogens is 4. The highest BCUT2D eigenvalue weighted by molar-refractivity contribution is 7.90. The molecule has 2 bridgehead atoms. The molecule has 1 N–H and O–H groups in total. The minimum Gasteiger partial charge on any atom is -0.402 e. The Balaban J connectivity index is 1.19. The molecule has 272 valence electrons. The summed E-state index contributed by atoms with van der Waals surface area (Å²) in [5, 5.41) is 6.41. The first-order chi connectivity index (χ1) is 25.3. The van der Waals surface area contributed by atoms with Crippen molar-refractivity contribution in [1.82, 2.24) is 18.9 Å². The lowest BCUT2D eigenvalue weighted by molar-refractivity contribution is -0.00576. The summed E-state index contributed by atoms with van der Waals surface area (Å²) in [6, 6.07) is 29.1. The quantitative estimate of drug-likeness (QED) is 0.149. The molecule has 0 amide bonds. The molecular formula is C41H41ClFN5O3SSi. The van der Waals surface area contributed by atoms with Crippen LogP contribution in [-0.2, 0) is 14.4 Å². The van der Waals surface area contributed by atoms with E-state index in [1.807, 2.05) is 19.1 Å². The van der Waals surface area contributed by atoms with Gasteiger partial charge < -0.3 is 9.74 Å². The number of nitrogens with one attached hydrogen (secondary N) is 1. The first-order valence-electron chi connectivity index (χ1n) is 17.9. The summed E-state index contributed by atoms with van der Waals surface area (Å²) in [5.74, 6) is 0.406. The van der Waals surface area contributed by atoms with Crippen LogP contribution in [0.15, 0.2) is 114 Å². The van der Waals surface area contributed by atoms with Crippen molar-refractivity contribution >= 4 is 57.2 Å². The van der Waals surface area contributed by atoms with Gasteiger partial charge in [-0.2, -0.15) is 0 Å². The van der Waals surface area contributed by atoms with Crippen molar-refractivity contribution in [2.45, 2.75) is 69.0 Å². The van der Waals surface area contributed by atoms with Crippen LogP contribution >= 0.6 is 11.6 Å². The second-order valence-electron chi connectivity index (χ2n) is 15.4. The van der Waals surface area contributed by atoms with Crippen LogP contribution in [-0.4, -0.2) is 47.8 Å². The third kappa shape index (κ3) is 6.27. The number of fused-ring (bicyclic) bond motifs is 3. The minimum absolute atomic E-state index is 0.0404. The molecular weight excluding hydrogens is 725 g/mol. The van der Waals surface area contributed by atoms with E-state index in [-0.39, 0.29) is 45.3 Å². The van der Waals surface area contributed by atoms with Crippen molar-refractivity contribution in [1.29, 1.82) is 0 Å². The van der Waals surface area contributed by atoms with E-state index in [0.717, 1.165) is 35.0 Å². The highest BCUT2D eigenvalue weighted by atomic mass is 35.5. The number of anilines is 1. The maximum Gasteiger partial charge on any atom is 0.269 e. The fourth-order valence-corrected chi connectivity index (χ4v) is 14.5. The summed E-state index contributed by atoms with van der Waals surface area (Å²) in [6.07, 6.45) is 6.68. The molecule has 3 fully saturated rings. The van der Waals surface area contributed by atoms with Crippen LogP contribution in [0.4, 0.5) is 10.2 Å². The predicted octanol–water partition coefficient (Wildman–Crippen LogP) is 7.99. The number of halogens is 2. The SMILES string of the molecule is Cc1ccc(S(=O)(=O)n2cc(-c3ncc(F)c(NC4[C@H]5C[C@@H](C[C@@H]4O[Si](c4ccccc4)(c4ccccc4)C(C)(C)C)C5)n3)c3cc(Cl)cnc32)cc1. The molecule has 53 heavy (non-hydrogen) atoms. The van der Waals surface area contributed by atoms with Crippen molar-refractivity contribution in [3.8, 4) is 11.4 Å². The summed E-state index contributed by atoms with van der Waals surface area (Å²) in [4.78, 5) is 13.6. The average Bonchev–Trinajstić information content (AvgIpc) is 3.51. The number of hydrogen-bond donors (Lipinski definition) is 1. The lowest BCUT2D eigenvalue weighted by Crippen LogP contribution is -2.70. The lowest BCUT2D eigenvalue weighted by Gasteiger charge is -2.55. The first kappa shape index (κ1) is 35.6. The summed E-state index contributed by atoms with van der Waals surface area (Å²) in [5.41, 5.74) is 1.46. The standard InChI is InChI=1S/C41H41ClFN5O3SSi/c1-26-15-17-30(18-16-26)52(49,50)48-25-34(33-22-29(42)23-45-40(33)48)38-44-24-35(43)39(47-38)46-37-28-19-27(20-28)21-36(37)51-53(41(2,3)4,31-11-7-5-8-12-31)32-13-9-6-10-14-32/h5-18,22-25,27-28,36-37H,19-21H2,1-4H3,(H,44,46,47)/t27-,28+,36-,37?/m0/s1. The Bertz CT molecular complexity index is 2360. The van der Waals surface area contributed by atoms with Crippen LogP contribution in [0.2, 0.25) is 10.1 Å². The monoisotopic (exact) mass is 765 g/mol. The Kier molecular flexibility index (Phi) is 9.04. The van der Waals surface area contributed by atoms with Gasteiger partial charge in [0.2, 0.25) is 0 Å². The molecule has 1 unspecified atom stereocenters.